The van der Waals surface area contributed by atoms with E-state index < -0.39 is 5.82 Å². The molecule has 1 atom stereocenters. The number of hydrogen-bond acceptors (Lipinski definition) is 2. The van der Waals surface area contributed by atoms with Crippen molar-refractivity contribution in [1.82, 2.24) is 0 Å². The first-order valence-corrected chi connectivity index (χ1v) is 4.58. The Kier molecular flexibility index (Phi) is 2.11. The van der Waals surface area contributed by atoms with Crippen LogP contribution in [0.25, 0.3) is 0 Å². The van der Waals surface area contributed by atoms with Gasteiger partial charge >= 0.3 is 0 Å². The van der Waals surface area contributed by atoms with Crippen LogP contribution < -0.4 is 10.6 Å². The number of nitrogens with one attached hydrogen (secondary N) is 2. The molecule has 0 aliphatic carbocycles. The van der Waals surface area contributed by atoms with E-state index in [1.54, 1.807) is 12.1 Å². The van der Waals surface area contributed by atoms with Crippen molar-refractivity contribution in [3.8, 4) is 0 Å². The van der Waals surface area contributed by atoms with Gasteiger partial charge in [0.25, 0.3) is 0 Å². The molecule has 1 unspecified atom stereocenters. The number of fused-ring (bicyclic) bond motifs is 1. The van der Waals surface area contributed by atoms with Crippen molar-refractivity contribution < 1.29 is 9.18 Å². The molecule has 1 heterocycles. The average Bonchev–Trinajstić information content (AvgIpc) is 2.19. The molecule has 1 amide bonds. The summed E-state index contributed by atoms with van der Waals surface area (Å²) in [4.78, 5) is 11.4. The largest absolute Gasteiger partial charge is 0.372 e. The number of rotatable bonds is 1. The molecule has 1 aliphatic rings. The Hall–Kier alpha value is -1.58. The molecule has 1 aliphatic heterocycles. The summed E-state index contributed by atoms with van der Waals surface area (Å²) >= 11 is 0. The van der Waals surface area contributed by atoms with Gasteiger partial charge in [-0.25, -0.2) is 4.39 Å². The number of amides is 1. The van der Waals surface area contributed by atoms with E-state index in [2.05, 4.69) is 10.6 Å². The second-order valence-electron chi connectivity index (χ2n) is 3.26. The first-order chi connectivity index (χ1) is 6.72. The van der Waals surface area contributed by atoms with Gasteiger partial charge in [-0.3, -0.25) is 4.79 Å². The fourth-order valence-electron chi connectivity index (χ4n) is 1.52. The predicted octanol–water partition coefficient (Wildman–Crippen LogP) is 1.97. The average molecular weight is 194 g/mol. The van der Waals surface area contributed by atoms with E-state index >= 15 is 0 Å². The Labute approximate surface area is 81.3 Å². The van der Waals surface area contributed by atoms with E-state index in [-0.39, 0.29) is 17.6 Å². The van der Waals surface area contributed by atoms with Gasteiger partial charge in [0.15, 0.2) is 0 Å². The van der Waals surface area contributed by atoms with Crippen LogP contribution in [0.15, 0.2) is 18.2 Å². The summed E-state index contributed by atoms with van der Waals surface area (Å²) < 4.78 is 13.2. The molecule has 0 aromatic heterocycles. The van der Waals surface area contributed by atoms with Gasteiger partial charge in [-0.05, 0) is 18.6 Å². The van der Waals surface area contributed by atoms with Crippen LogP contribution >= 0.6 is 0 Å². The van der Waals surface area contributed by atoms with E-state index in [1.807, 2.05) is 6.92 Å². The number of carbonyl (C=O) groups excluding carboxylic acids is 1. The highest BCUT2D eigenvalue weighted by Gasteiger charge is 2.25. The second-order valence-corrected chi connectivity index (χ2v) is 3.26. The highest BCUT2D eigenvalue weighted by molar-refractivity contribution is 6.02. The van der Waals surface area contributed by atoms with Crippen LogP contribution in [0.5, 0.6) is 0 Å². The van der Waals surface area contributed by atoms with Gasteiger partial charge < -0.3 is 10.6 Å². The van der Waals surface area contributed by atoms with E-state index in [1.165, 1.54) is 6.07 Å². The normalized spacial score (nSPS) is 19.6. The summed E-state index contributed by atoms with van der Waals surface area (Å²) in [5.41, 5.74) is 0.902. The Morgan fingerprint density at radius 3 is 3.00 bits per heavy atom. The molecule has 0 saturated heterocycles. The lowest BCUT2D eigenvalue weighted by Crippen LogP contribution is -2.38. The molecule has 1 aromatic carbocycles. The molecule has 1 aromatic rings. The van der Waals surface area contributed by atoms with E-state index in [4.69, 9.17) is 0 Å². The summed E-state index contributed by atoms with van der Waals surface area (Å²) in [6.07, 6.45) is 0.682. The van der Waals surface area contributed by atoms with Gasteiger partial charge in [-0.1, -0.05) is 13.0 Å². The van der Waals surface area contributed by atoms with E-state index in [0.717, 1.165) is 0 Å². The molecule has 4 heteroatoms. The quantitative estimate of drug-likeness (QED) is 0.717. The van der Waals surface area contributed by atoms with Crippen LogP contribution in [0, 0.1) is 5.82 Å². The van der Waals surface area contributed by atoms with Crippen molar-refractivity contribution in [3.63, 3.8) is 0 Å². The molecular weight excluding hydrogens is 183 g/mol. The van der Waals surface area contributed by atoms with Gasteiger partial charge in [-0.2, -0.15) is 0 Å². The minimum Gasteiger partial charge on any atom is -0.372 e. The third-order valence-corrected chi connectivity index (χ3v) is 2.32. The minimum absolute atomic E-state index is 0.176. The van der Waals surface area contributed by atoms with Crippen molar-refractivity contribution in [2.75, 3.05) is 10.6 Å². The molecule has 2 N–H and O–H groups in total. The summed E-state index contributed by atoms with van der Waals surface area (Å²) in [7, 11) is 0. The van der Waals surface area contributed by atoms with Gasteiger partial charge in [0.1, 0.15) is 17.5 Å². The monoisotopic (exact) mass is 194 g/mol. The molecule has 3 nitrogen and oxygen atoms in total. The number of halogens is 1. The zero-order valence-electron chi connectivity index (χ0n) is 7.80. The maximum atomic E-state index is 13.2. The SMILES string of the molecule is CCC1Nc2cccc(F)c2NC1=O. The van der Waals surface area contributed by atoms with Crippen LogP contribution in [0.2, 0.25) is 0 Å². The first kappa shape index (κ1) is 8.99. The summed E-state index contributed by atoms with van der Waals surface area (Å²) in [6.45, 7) is 1.90. The highest BCUT2D eigenvalue weighted by Crippen LogP contribution is 2.29. The van der Waals surface area contributed by atoms with Crippen molar-refractivity contribution in [2.45, 2.75) is 19.4 Å². The third-order valence-electron chi connectivity index (χ3n) is 2.32. The van der Waals surface area contributed by atoms with Gasteiger partial charge in [0, 0.05) is 0 Å². The number of anilines is 2. The summed E-state index contributed by atoms with van der Waals surface area (Å²) in [5.74, 6) is -0.581. The fourth-order valence-corrected chi connectivity index (χ4v) is 1.52. The smallest absolute Gasteiger partial charge is 0.246 e. The minimum atomic E-state index is -0.405. The second kappa shape index (κ2) is 3.29. The van der Waals surface area contributed by atoms with Gasteiger partial charge in [0.2, 0.25) is 5.91 Å². The predicted molar refractivity (Wildman–Crippen MR) is 52.7 cm³/mol. The maximum absolute atomic E-state index is 13.2. The molecular formula is C10H11FN2O. The van der Waals surface area contributed by atoms with Crippen LogP contribution in [0.3, 0.4) is 0 Å². The van der Waals surface area contributed by atoms with Crippen LogP contribution in [0.1, 0.15) is 13.3 Å². The zero-order chi connectivity index (χ0) is 10.1. The molecule has 0 fully saturated rings. The van der Waals surface area contributed by atoms with Crippen LogP contribution in [-0.2, 0) is 4.79 Å². The Balaban J connectivity index is 2.40. The van der Waals surface area contributed by atoms with Gasteiger partial charge in [-0.15, -0.1) is 0 Å². The summed E-state index contributed by atoms with van der Waals surface area (Å²) in [6, 6.07) is 4.43. The van der Waals surface area contributed by atoms with Gasteiger partial charge in [0.05, 0.1) is 5.69 Å². The number of carbonyl (C=O) groups is 1. The Morgan fingerprint density at radius 2 is 2.29 bits per heavy atom. The first-order valence-electron chi connectivity index (χ1n) is 4.58. The number of para-hydroxylation sites is 1. The molecule has 0 spiro atoms. The summed E-state index contributed by atoms with van der Waals surface area (Å²) in [5, 5.41) is 5.54. The van der Waals surface area contributed by atoms with Crippen molar-refractivity contribution >= 4 is 17.3 Å². The topological polar surface area (TPSA) is 41.1 Å². The van der Waals surface area contributed by atoms with Crippen molar-refractivity contribution in [1.29, 1.82) is 0 Å². The van der Waals surface area contributed by atoms with Crippen LogP contribution in [-0.4, -0.2) is 11.9 Å². The zero-order valence-corrected chi connectivity index (χ0v) is 7.80. The van der Waals surface area contributed by atoms with Crippen molar-refractivity contribution in [2.24, 2.45) is 0 Å². The van der Waals surface area contributed by atoms with E-state index in [9.17, 15) is 9.18 Å². The number of hydrogen-bond donors (Lipinski definition) is 2. The third kappa shape index (κ3) is 1.32. The Bertz CT molecular complexity index is 378. The standard InChI is InChI=1S/C10H11FN2O/c1-2-7-10(14)13-9-6(11)4-3-5-8(9)12-7/h3-5,7,12H,2H2,1H3,(H,13,14). The lowest BCUT2D eigenvalue weighted by Gasteiger charge is -2.25. The maximum Gasteiger partial charge on any atom is 0.246 e. The lowest BCUT2D eigenvalue weighted by atomic mass is 10.1. The van der Waals surface area contributed by atoms with Crippen molar-refractivity contribution in [3.05, 3.63) is 24.0 Å². The molecule has 14 heavy (non-hydrogen) atoms. The van der Waals surface area contributed by atoms with E-state index in [0.29, 0.717) is 12.1 Å². The Morgan fingerprint density at radius 1 is 1.50 bits per heavy atom. The van der Waals surface area contributed by atoms with Crippen LogP contribution in [0.4, 0.5) is 15.8 Å². The molecule has 0 radical (unpaired) electrons. The molecule has 74 valence electrons. The molecule has 0 saturated carbocycles. The fraction of sp³-hybridized carbons (Fsp3) is 0.300. The highest BCUT2D eigenvalue weighted by atomic mass is 19.1. The lowest BCUT2D eigenvalue weighted by molar-refractivity contribution is -0.117. The molecule has 2 rings (SSSR count). The molecule has 0 bridgehead atoms. The number of benzene rings is 1.